The molecule has 21 heavy (non-hydrogen) atoms. The lowest BCUT2D eigenvalue weighted by Gasteiger charge is -2.39. The Morgan fingerprint density at radius 1 is 1.43 bits per heavy atom. The minimum absolute atomic E-state index is 0.115. The lowest BCUT2D eigenvalue weighted by Crippen LogP contribution is -2.44. The van der Waals surface area contributed by atoms with E-state index >= 15 is 0 Å². The van der Waals surface area contributed by atoms with Gasteiger partial charge < -0.3 is 19.8 Å². The second kappa shape index (κ2) is 5.35. The van der Waals surface area contributed by atoms with Crippen molar-refractivity contribution in [1.29, 1.82) is 0 Å². The molecule has 2 aliphatic rings. The normalized spacial score (nSPS) is 32.1. The lowest BCUT2D eigenvalue weighted by molar-refractivity contribution is 0.137. The molecule has 0 radical (unpaired) electrons. The van der Waals surface area contributed by atoms with Gasteiger partial charge in [0.05, 0.1) is 12.7 Å². The number of phenolic OH excluding ortho intramolecular Hbond substituents is 1. The first kappa shape index (κ1) is 14.4. The van der Waals surface area contributed by atoms with E-state index in [4.69, 9.17) is 4.74 Å². The van der Waals surface area contributed by atoms with E-state index in [0.29, 0.717) is 12.4 Å². The smallest absolute Gasteiger partial charge is 0.160 e. The van der Waals surface area contributed by atoms with Gasteiger partial charge in [-0.25, -0.2) is 0 Å². The van der Waals surface area contributed by atoms with Gasteiger partial charge in [0.2, 0.25) is 0 Å². The van der Waals surface area contributed by atoms with Gasteiger partial charge in [0, 0.05) is 11.5 Å². The van der Waals surface area contributed by atoms with Gasteiger partial charge in [0.15, 0.2) is 11.5 Å². The molecule has 1 aliphatic heterocycles. The molecular formula is C17H23NO3. The summed E-state index contributed by atoms with van der Waals surface area (Å²) in [5.41, 5.74) is 0.983. The van der Waals surface area contributed by atoms with Crippen molar-refractivity contribution in [2.45, 2.75) is 37.3 Å². The maximum atomic E-state index is 10.2. The van der Waals surface area contributed by atoms with Crippen LogP contribution in [0.1, 0.15) is 25.3 Å². The number of benzene rings is 1. The number of nitrogens with zero attached hydrogens (tertiary/aromatic N) is 1. The number of aliphatic hydroxyl groups is 1. The van der Waals surface area contributed by atoms with Crippen LogP contribution in [0, 0.1) is 0 Å². The Hall–Kier alpha value is -1.52. The summed E-state index contributed by atoms with van der Waals surface area (Å²) in [7, 11) is 2.10. The Morgan fingerprint density at radius 3 is 2.95 bits per heavy atom. The average Bonchev–Trinajstić information content (AvgIpc) is 2.80. The molecule has 3 atom stereocenters. The minimum Gasteiger partial charge on any atom is -0.504 e. The number of hydrogen-bond acceptors (Lipinski definition) is 4. The van der Waals surface area contributed by atoms with Crippen LogP contribution in [0.3, 0.4) is 0 Å². The summed E-state index contributed by atoms with van der Waals surface area (Å²) in [6, 6.07) is 5.98. The highest BCUT2D eigenvalue weighted by Crippen LogP contribution is 2.46. The molecule has 0 spiro atoms. The summed E-state index contributed by atoms with van der Waals surface area (Å²) in [5.74, 6) is 0.719. The Bertz CT molecular complexity index is 557. The Labute approximate surface area is 125 Å². The minimum atomic E-state index is -0.375. The predicted molar refractivity (Wildman–Crippen MR) is 81.8 cm³/mol. The third-order valence-electron chi connectivity index (χ3n) is 4.88. The van der Waals surface area contributed by atoms with Crippen molar-refractivity contribution in [2.24, 2.45) is 0 Å². The Kier molecular flexibility index (Phi) is 3.68. The summed E-state index contributed by atoms with van der Waals surface area (Å²) < 4.78 is 5.41. The maximum Gasteiger partial charge on any atom is 0.160 e. The zero-order chi connectivity index (χ0) is 15.0. The fourth-order valence-corrected chi connectivity index (χ4v) is 3.77. The summed E-state index contributed by atoms with van der Waals surface area (Å²) in [5, 5.41) is 20.1. The molecule has 1 aliphatic carbocycles. The Morgan fingerprint density at radius 2 is 2.24 bits per heavy atom. The number of fused-ring (bicyclic) bond motifs is 1. The monoisotopic (exact) mass is 289 g/mol. The molecule has 3 rings (SSSR count). The zero-order valence-corrected chi connectivity index (χ0v) is 12.6. The highest BCUT2D eigenvalue weighted by molar-refractivity contribution is 5.48. The number of aliphatic hydroxyl groups excluding tert-OH is 1. The van der Waals surface area contributed by atoms with E-state index in [0.717, 1.165) is 24.9 Å². The molecule has 2 N–H and O–H groups in total. The molecule has 1 aromatic rings. The summed E-state index contributed by atoms with van der Waals surface area (Å²) >= 11 is 0. The highest BCUT2D eigenvalue weighted by Gasteiger charge is 2.47. The molecule has 4 heteroatoms. The number of likely N-dealkylation sites (tertiary alicyclic amines) is 1. The predicted octanol–water partition coefficient (Wildman–Crippen LogP) is 2.05. The molecule has 0 amide bonds. The van der Waals surface area contributed by atoms with E-state index in [9.17, 15) is 10.2 Å². The zero-order valence-electron chi connectivity index (χ0n) is 12.6. The molecular weight excluding hydrogens is 266 g/mol. The summed E-state index contributed by atoms with van der Waals surface area (Å²) in [6.45, 7) is 3.43. The van der Waals surface area contributed by atoms with Crippen molar-refractivity contribution in [3.05, 3.63) is 35.9 Å². The third kappa shape index (κ3) is 2.32. The van der Waals surface area contributed by atoms with Gasteiger partial charge in [-0.05, 0) is 51.1 Å². The first-order chi connectivity index (χ1) is 10.1. The van der Waals surface area contributed by atoms with Gasteiger partial charge in [-0.1, -0.05) is 18.2 Å². The van der Waals surface area contributed by atoms with Crippen molar-refractivity contribution >= 4 is 0 Å². The fourth-order valence-electron chi connectivity index (χ4n) is 3.77. The van der Waals surface area contributed by atoms with Gasteiger partial charge in [0.25, 0.3) is 0 Å². The van der Waals surface area contributed by atoms with Gasteiger partial charge in [-0.3, -0.25) is 0 Å². The molecule has 1 heterocycles. The molecule has 0 aromatic heterocycles. The van der Waals surface area contributed by atoms with Gasteiger partial charge in [-0.2, -0.15) is 0 Å². The molecule has 1 aromatic carbocycles. The molecule has 0 unspecified atom stereocenters. The van der Waals surface area contributed by atoms with Crippen LogP contribution in [-0.4, -0.2) is 47.5 Å². The van der Waals surface area contributed by atoms with Crippen molar-refractivity contribution in [1.82, 2.24) is 4.90 Å². The molecule has 1 fully saturated rings. The first-order valence-electron chi connectivity index (χ1n) is 7.61. The fraction of sp³-hybridized carbons (Fsp3) is 0.529. The second-order valence-corrected chi connectivity index (χ2v) is 6.06. The largest absolute Gasteiger partial charge is 0.504 e. The van der Waals surface area contributed by atoms with Crippen molar-refractivity contribution in [3.8, 4) is 11.5 Å². The van der Waals surface area contributed by atoms with Crippen LogP contribution in [-0.2, 0) is 5.41 Å². The summed E-state index contributed by atoms with van der Waals surface area (Å²) in [4.78, 5) is 2.31. The number of phenols is 1. The van der Waals surface area contributed by atoms with Crippen LogP contribution in [0.2, 0.25) is 0 Å². The molecule has 0 bridgehead atoms. The van der Waals surface area contributed by atoms with E-state index in [-0.39, 0.29) is 23.3 Å². The number of hydrogen-bond donors (Lipinski definition) is 2. The van der Waals surface area contributed by atoms with E-state index in [1.54, 1.807) is 0 Å². The maximum absolute atomic E-state index is 10.2. The van der Waals surface area contributed by atoms with Gasteiger partial charge in [-0.15, -0.1) is 0 Å². The van der Waals surface area contributed by atoms with E-state index in [2.05, 4.69) is 18.0 Å². The number of rotatable bonds is 3. The van der Waals surface area contributed by atoms with Crippen molar-refractivity contribution in [3.63, 3.8) is 0 Å². The number of ether oxygens (including phenoxy) is 1. The van der Waals surface area contributed by atoms with E-state index in [1.807, 2.05) is 31.2 Å². The van der Waals surface area contributed by atoms with Crippen LogP contribution >= 0.6 is 0 Å². The summed E-state index contributed by atoms with van der Waals surface area (Å²) in [6.07, 6.45) is 5.39. The topological polar surface area (TPSA) is 52.9 Å². The standard InChI is InChI=1S/C17H23NO3/c1-3-21-15-5-4-12(10-14(15)20)17-7-6-13(19)11-16(17)18(2)9-8-17/h4-7,10,13,16,19-20H,3,8-9,11H2,1-2H3/t13-,16-,17-/m0/s1. The lowest BCUT2D eigenvalue weighted by atomic mass is 9.69. The third-order valence-corrected chi connectivity index (χ3v) is 4.88. The van der Waals surface area contributed by atoms with Crippen molar-refractivity contribution in [2.75, 3.05) is 20.2 Å². The van der Waals surface area contributed by atoms with Crippen molar-refractivity contribution < 1.29 is 14.9 Å². The van der Waals surface area contributed by atoms with E-state index in [1.165, 1.54) is 0 Å². The van der Waals surface area contributed by atoms with Gasteiger partial charge in [0.1, 0.15) is 0 Å². The molecule has 4 nitrogen and oxygen atoms in total. The molecule has 1 saturated heterocycles. The SMILES string of the molecule is CCOc1ccc([C@@]23C=C[C@H](O)C[C@@H]2N(C)CC3)cc1O. The number of aromatic hydroxyl groups is 1. The average molecular weight is 289 g/mol. The van der Waals surface area contributed by atoms with E-state index < -0.39 is 0 Å². The van der Waals surface area contributed by atoms with Crippen LogP contribution in [0.5, 0.6) is 11.5 Å². The number of likely N-dealkylation sites (N-methyl/N-ethyl adjacent to an activating group) is 1. The van der Waals surface area contributed by atoms with Crippen LogP contribution in [0.4, 0.5) is 0 Å². The van der Waals surface area contributed by atoms with Crippen LogP contribution in [0.15, 0.2) is 30.4 Å². The van der Waals surface area contributed by atoms with Crippen LogP contribution < -0.4 is 4.74 Å². The highest BCUT2D eigenvalue weighted by atomic mass is 16.5. The van der Waals surface area contributed by atoms with Crippen LogP contribution in [0.25, 0.3) is 0 Å². The molecule has 0 saturated carbocycles. The van der Waals surface area contributed by atoms with Gasteiger partial charge >= 0.3 is 0 Å². The Balaban J connectivity index is 2.01. The quantitative estimate of drug-likeness (QED) is 0.836. The molecule has 114 valence electrons. The second-order valence-electron chi connectivity index (χ2n) is 6.06. The first-order valence-corrected chi connectivity index (χ1v) is 7.61.